The highest BCUT2D eigenvalue weighted by molar-refractivity contribution is 7.14. The van der Waals surface area contributed by atoms with E-state index in [-0.39, 0.29) is 18.1 Å². The van der Waals surface area contributed by atoms with E-state index in [1.807, 2.05) is 47.0 Å². The molecule has 1 aromatic carbocycles. The first-order valence-corrected chi connectivity index (χ1v) is 9.63. The maximum atomic E-state index is 12.4. The van der Waals surface area contributed by atoms with Crippen molar-refractivity contribution in [2.45, 2.75) is 19.9 Å². The van der Waals surface area contributed by atoms with Gasteiger partial charge in [0.05, 0.1) is 11.0 Å². The van der Waals surface area contributed by atoms with Crippen LogP contribution in [0.5, 0.6) is 0 Å². The Balaban J connectivity index is 1.55. The van der Waals surface area contributed by atoms with Crippen LogP contribution in [0.4, 0.5) is 5.13 Å². The number of nitrogens with one attached hydrogen (secondary N) is 1. The summed E-state index contributed by atoms with van der Waals surface area (Å²) in [5.41, 5.74) is 2.92. The molecule has 0 aliphatic rings. The minimum Gasteiger partial charge on any atom is -0.322 e. The predicted molar refractivity (Wildman–Crippen MR) is 108 cm³/mol. The monoisotopic (exact) mass is 391 g/mol. The van der Waals surface area contributed by atoms with Gasteiger partial charge in [0, 0.05) is 31.5 Å². The Morgan fingerprint density at radius 3 is 2.68 bits per heavy atom. The lowest BCUT2D eigenvalue weighted by Crippen LogP contribution is -2.15. The van der Waals surface area contributed by atoms with E-state index in [0.717, 1.165) is 22.6 Å². The number of fused-ring (bicyclic) bond motifs is 1. The highest BCUT2D eigenvalue weighted by Crippen LogP contribution is 2.24. The third-order valence-corrected chi connectivity index (χ3v) is 4.98. The average molecular weight is 391 g/mol. The molecule has 0 unspecified atom stereocenters. The first-order valence-electron chi connectivity index (χ1n) is 8.75. The van der Waals surface area contributed by atoms with E-state index in [1.54, 1.807) is 11.6 Å². The molecule has 4 rings (SSSR count). The molecule has 0 bridgehead atoms. The van der Waals surface area contributed by atoms with Gasteiger partial charge in [-0.25, -0.2) is 9.97 Å². The number of ketones is 1. The molecular formula is C20H17N5O2S. The van der Waals surface area contributed by atoms with Crippen LogP contribution >= 0.6 is 11.3 Å². The van der Waals surface area contributed by atoms with Gasteiger partial charge < -0.3 is 9.88 Å². The van der Waals surface area contributed by atoms with Crippen molar-refractivity contribution in [2.24, 2.45) is 0 Å². The lowest BCUT2D eigenvalue weighted by molar-refractivity contribution is -0.116. The number of imidazole rings is 1. The maximum Gasteiger partial charge on any atom is 0.227 e. The number of aryl methyl sites for hydroxylation is 1. The number of thiazole rings is 1. The van der Waals surface area contributed by atoms with Crippen molar-refractivity contribution >= 4 is 39.2 Å². The molecule has 4 aromatic rings. The van der Waals surface area contributed by atoms with Crippen LogP contribution in [-0.4, -0.2) is 31.2 Å². The summed E-state index contributed by atoms with van der Waals surface area (Å²) in [7, 11) is 0. The van der Waals surface area contributed by atoms with Gasteiger partial charge in [-0.1, -0.05) is 18.2 Å². The Hall–Kier alpha value is -3.39. The normalized spacial score (nSPS) is 10.9. The molecule has 0 fully saturated rings. The van der Waals surface area contributed by atoms with E-state index in [9.17, 15) is 9.59 Å². The van der Waals surface area contributed by atoms with Crippen LogP contribution in [0.25, 0.3) is 22.6 Å². The summed E-state index contributed by atoms with van der Waals surface area (Å²) in [5.74, 6) is 0.429. The van der Waals surface area contributed by atoms with Gasteiger partial charge in [-0.3, -0.25) is 14.6 Å². The number of amides is 1. The number of rotatable bonds is 6. The van der Waals surface area contributed by atoms with Gasteiger partial charge in [0.1, 0.15) is 11.4 Å². The van der Waals surface area contributed by atoms with Crippen LogP contribution in [0.15, 0.2) is 54.0 Å². The number of hydrogen-bond donors (Lipinski definition) is 1. The van der Waals surface area contributed by atoms with Gasteiger partial charge in [0.2, 0.25) is 5.91 Å². The molecule has 0 spiro atoms. The van der Waals surface area contributed by atoms with E-state index in [2.05, 4.69) is 20.3 Å². The number of aromatic nitrogens is 4. The second-order valence-corrected chi connectivity index (χ2v) is 7.04. The molecule has 0 aliphatic carbocycles. The molecule has 1 N–H and O–H groups in total. The van der Waals surface area contributed by atoms with Gasteiger partial charge in [-0.05, 0) is 24.3 Å². The van der Waals surface area contributed by atoms with E-state index in [0.29, 0.717) is 17.4 Å². The second-order valence-electron chi connectivity index (χ2n) is 6.18. The topological polar surface area (TPSA) is 89.8 Å². The summed E-state index contributed by atoms with van der Waals surface area (Å²) in [6.45, 7) is 1.90. The van der Waals surface area contributed by atoms with Crippen LogP contribution < -0.4 is 5.32 Å². The fourth-order valence-corrected chi connectivity index (χ4v) is 3.65. The average Bonchev–Trinajstić information content (AvgIpc) is 3.32. The molecule has 7 nitrogen and oxygen atoms in total. The Morgan fingerprint density at radius 1 is 1.11 bits per heavy atom. The number of nitrogens with zero attached hydrogens (tertiary/aromatic N) is 4. The van der Waals surface area contributed by atoms with Crippen molar-refractivity contribution in [1.82, 2.24) is 19.5 Å². The van der Waals surface area contributed by atoms with Crippen molar-refractivity contribution in [2.75, 3.05) is 5.32 Å². The number of hydrogen-bond acceptors (Lipinski definition) is 6. The molecular weight excluding hydrogens is 374 g/mol. The number of anilines is 1. The van der Waals surface area contributed by atoms with Crippen molar-refractivity contribution in [1.29, 1.82) is 0 Å². The molecule has 0 aliphatic heterocycles. The van der Waals surface area contributed by atoms with Gasteiger partial charge in [0.15, 0.2) is 16.7 Å². The van der Waals surface area contributed by atoms with Crippen LogP contribution in [0.1, 0.15) is 23.8 Å². The number of carbonyl (C=O) groups excluding carboxylic acids is 2. The van der Waals surface area contributed by atoms with E-state index in [1.165, 1.54) is 18.3 Å². The molecule has 1 amide bonds. The summed E-state index contributed by atoms with van der Waals surface area (Å²) >= 11 is 1.24. The summed E-state index contributed by atoms with van der Waals surface area (Å²) in [5, 5.41) is 4.82. The minimum absolute atomic E-state index is 0.123. The van der Waals surface area contributed by atoms with Gasteiger partial charge in [-0.15, -0.1) is 11.3 Å². The Labute approximate surface area is 165 Å². The van der Waals surface area contributed by atoms with Crippen LogP contribution in [-0.2, 0) is 11.3 Å². The first kappa shape index (κ1) is 18.0. The fourth-order valence-electron chi connectivity index (χ4n) is 2.88. The maximum absolute atomic E-state index is 12.4. The molecule has 0 saturated heterocycles. The van der Waals surface area contributed by atoms with Crippen molar-refractivity contribution in [3.8, 4) is 11.5 Å². The lowest BCUT2D eigenvalue weighted by atomic mass is 10.3. The minimum atomic E-state index is -0.172. The lowest BCUT2D eigenvalue weighted by Gasteiger charge is -2.08. The highest BCUT2D eigenvalue weighted by Gasteiger charge is 2.15. The van der Waals surface area contributed by atoms with Crippen molar-refractivity contribution in [3.05, 3.63) is 59.7 Å². The third kappa shape index (κ3) is 3.67. The summed E-state index contributed by atoms with van der Waals surface area (Å²) in [4.78, 5) is 36.9. The largest absolute Gasteiger partial charge is 0.322 e. The Bertz CT molecular complexity index is 1150. The number of benzene rings is 1. The molecule has 28 heavy (non-hydrogen) atoms. The zero-order chi connectivity index (χ0) is 19.5. The van der Waals surface area contributed by atoms with Gasteiger partial charge >= 0.3 is 0 Å². The third-order valence-electron chi connectivity index (χ3n) is 4.22. The zero-order valence-corrected chi connectivity index (χ0v) is 15.9. The first-order chi connectivity index (χ1) is 13.6. The Morgan fingerprint density at radius 2 is 1.93 bits per heavy atom. The molecule has 0 saturated carbocycles. The summed E-state index contributed by atoms with van der Waals surface area (Å²) in [6.07, 6.45) is 1.97. The quantitative estimate of drug-likeness (QED) is 0.505. The molecule has 0 atom stereocenters. The van der Waals surface area contributed by atoms with E-state index < -0.39 is 0 Å². The number of carbonyl (C=O) groups is 2. The summed E-state index contributed by atoms with van der Waals surface area (Å²) in [6, 6.07) is 13.5. The molecule has 3 heterocycles. The smallest absolute Gasteiger partial charge is 0.227 e. The van der Waals surface area contributed by atoms with Gasteiger partial charge in [-0.2, -0.15) is 0 Å². The molecule has 140 valence electrons. The molecule has 0 radical (unpaired) electrons. The molecule has 3 aromatic heterocycles. The number of Topliss-reactive ketones (excluding diaryl/α,β-unsaturated/α-hetero) is 1. The Kier molecular flexibility index (Phi) is 4.94. The highest BCUT2D eigenvalue weighted by atomic mass is 32.1. The van der Waals surface area contributed by atoms with Crippen LogP contribution in [0.2, 0.25) is 0 Å². The molecule has 8 heteroatoms. The van der Waals surface area contributed by atoms with Crippen molar-refractivity contribution < 1.29 is 9.59 Å². The van der Waals surface area contributed by atoms with Crippen LogP contribution in [0.3, 0.4) is 0 Å². The zero-order valence-electron chi connectivity index (χ0n) is 15.1. The van der Waals surface area contributed by atoms with Crippen LogP contribution in [0, 0.1) is 0 Å². The SMILES string of the molecule is CC(=O)c1csc(NC(=O)CCn2c(-c3ccccn3)nc3ccccc32)n1. The number of pyridine rings is 1. The predicted octanol–water partition coefficient (Wildman–Crippen LogP) is 3.79. The standard InChI is InChI=1S/C20H17N5O2S/c1-13(26)16-12-28-20(23-16)24-18(27)9-11-25-17-8-3-2-6-14(17)22-19(25)15-7-4-5-10-21-15/h2-8,10,12H,9,11H2,1H3,(H,23,24,27). The van der Waals surface area contributed by atoms with Crippen molar-refractivity contribution in [3.63, 3.8) is 0 Å². The van der Waals surface area contributed by atoms with E-state index >= 15 is 0 Å². The number of para-hydroxylation sites is 2. The van der Waals surface area contributed by atoms with E-state index in [4.69, 9.17) is 0 Å². The summed E-state index contributed by atoms with van der Waals surface area (Å²) < 4.78 is 2.00. The second kappa shape index (κ2) is 7.69. The fraction of sp³-hybridized carbons (Fsp3) is 0.150. The van der Waals surface area contributed by atoms with Gasteiger partial charge in [0.25, 0.3) is 0 Å².